The van der Waals surface area contributed by atoms with Crippen molar-refractivity contribution in [2.24, 2.45) is 5.92 Å². The highest BCUT2D eigenvalue weighted by Crippen LogP contribution is 2.40. The molecule has 5 heterocycles. The fourth-order valence-electron chi connectivity index (χ4n) is 5.48. The van der Waals surface area contributed by atoms with Gasteiger partial charge >= 0.3 is 0 Å². The zero-order valence-corrected chi connectivity index (χ0v) is 21.9. The molecule has 0 spiro atoms. The molecular formula is C23H33N9O4S. The van der Waals surface area contributed by atoms with E-state index in [4.69, 9.17) is 10.00 Å². The third kappa shape index (κ3) is 5.22. The first-order valence-electron chi connectivity index (χ1n) is 12.6. The lowest BCUT2D eigenvalue weighted by molar-refractivity contribution is 0.0930. The number of fused-ring (bicyclic) bond motifs is 2. The van der Waals surface area contributed by atoms with Crippen LogP contribution in [0.2, 0.25) is 0 Å². The third-order valence-electron chi connectivity index (χ3n) is 7.36. The Morgan fingerprint density at radius 2 is 1.97 bits per heavy atom. The molecule has 3 N–H and O–H groups in total. The molecule has 3 saturated heterocycles. The highest BCUT2D eigenvalue weighted by Gasteiger charge is 2.50. The smallest absolute Gasteiger partial charge is 0.282 e. The number of hydrogen-bond donors (Lipinski definition) is 3. The van der Waals surface area contributed by atoms with Gasteiger partial charge in [0, 0.05) is 56.1 Å². The van der Waals surface area contributed by atoms with Gasteiger partial charge in [0.2, 0.25) is 11.8 Å². The summed E-state index contributed by atoms with van der Waals surface area (Å²) in [5.41, 5.74) is 0.903. The molecule has 3 atom stereocenters. The van der Waals surface area contributed by atoms with Crippen molar-refractivity contribution in [3.8, 4) is 11.9 Å². The van der Waals surface area contributed by atoms with Crippen LogP contribution in [-0.2, 0) is 10.2 Å². The van der Waals surface area contributed by atoms with Crippen molar-refractivity contribution >= 4 is 27.8 Å². The number of nitrogens with one attached hydrogen (secondary N) is 2. The van der Waals surface area contributed by atoms with Crippen LogP contribution in [0.15, 0.2) is 12.1 Å². The minimum absolute atomic E-state index is 0.0403. The Kier molecular flexibility index (Phi) is 7.21. The second kappa shape index (κ2) is 10.4. The lowest BCUT2D eigenvalue weighted by Gasteiger charge is -2.51. The van der Waals surface area contributed by atoms with Crippen LogP contribution in [0.25, 0.3) is 0 Å². The molecule has 2 bridgehead atoms. The van der Waals surface area contributed by atoms with Crippen LogP contribution in [0, 0.1) is 24.2 Å². The molecule has 0 saturated carbocycles. The van der Waals surface area contributed by atoms with Gasteiger partial charge < -0.3 is 20.1 Å². The molecule has 3 fully saturated rings. The fourth-order valence-corrected chi connectivity index (χ4v) is 7.62. The van der Waals surface area contributed by atoms with Gasteiger partial charge in [-0.05, 0) is 32.6 Å². The monoisotopic (exact) mass is 531 g/mol. The van der Waals surface area contributed by atoms with Crippen LogP contribution in [0.4, 0.5) is 17.6 Å². The zero-order valence-electron chi connectivity index (χ0n) is 21.0. The van der Waals surface area contributed by atoms with Crippen molar-refractivity contribution in [3.05, 3.63) is 17.8 Å². The number of aliphatic hydroxyl groups is 1. The Morgan fingerprint density at radius 1 is 1.24 bits per heavy atom. The van der Waals surface area contributed by atoms with Gasteiger partial charge in [-0.1, -0.05) is 6.42 Å². The molecule has 0 amide bonds. The molecule has 3 aliphatic rings. The highest BCUT2D eigenvalue weighted by atomic mass is 32.2. The highest BCUT2D eigenvalue weighted by molar-refractivity contribution is 7.86. The normalized spacial score (nSPS) is 24.8. The van der Waals surface area contributed by atoms with Gasteiger partial charge in [0.05, 0.1) is 18.6 Å². The van der Waals surface area contributed by atoms with Gasteiger partial charge in [0.1, 0.15) is 12.4 Å². The van der Waals surface area contributed by atoms with E-state index in [1.807, 2.05) is 24.9 Å². The second-order valence-electron chi connectivity index (χ2n) is 9.98. The van der Waals surface area contributed by atoms with Crippen molar-refractivity contribution < 1.29 is 18.3 Å². The maximum atomic E-state index is 13.4. The van der Waals surface area contributed by atoms with E-state index in [0.29, 0.717) is 36.3 Å². The van der Waals surface area contributed by atoms with E-state index in [0.717, 1.165) is 25.0 Å². The zero-order chi connectivity index (χ0) is 26.2. The summed E-state index contributed by atoms with van der Waals surface area (Å²) in [4.78, 5) is 11.3. The van der Waals surface area contributed by atoms with Gasteiger partial charge in [0.25, 0.3) is 10.2 Å². The Morgan fingerprint density at radius 3 is 2.59 bits per heavy atom. The summed E-state index contributed by atoms with van der Waals surface area (Å²) in [7, 11) is -1.67. The maximum Gasteiger partial charge on any atom is 0.282 e. The van der Waals surface area contributed by atoms with E-state index in [9.17, 15) is 13.5 Å². The molecule has 14 heteroatoms. The molecule has 0 aliphatic carbocycles. The van der Waals surface area contributed by atoms with Crippen molar-refractivity contribution in [2.75, 3.05) is 43.6 Å². The van der Waals surface area contributed by atoms with Gasteiger partial charge in [0.15, 0.2) is 5.82 Å². The molecular weight excluding hydrogens is 498 g/mol. The molecule has 3 aliphatic heterocycles. The fraction of sp³-hybridized carbons (Fsp3) is 0.652. The SMILES string of the molecule is Cc1cc(Nc2cc(OCCO)nc(N(C)[C@@H]3C[C@H]4CCC[C@@H](C3)N4S(=O)(=O)N3CC(C#N)C3)n2)n[nH]1. The van der Waals surface area contributed by atoms with Gasteiger partial charge in [-0.2, -0.15) is 37.4 Å². The molecule has 5 rings (SSSR count). The van der Waals surface area contributed by atoms with E-state index in [2.05, 4.69) is 31.6 Å². The number of aliphatic hydroxyl groups excluding tert-OH is 1. The summed E-state index contributed by atoms with van der Waals surface area (Å²) in [5.74, 6) is 1.66. The quantitative estimate of drug-likeness (QED) is 0.427. The number of nitrogens with zero attached hydrogens (tertiary/aromatic N) is 7. The summed E-state index contributed by atoms with van der Waals surface area (Å²) >= 11 is 0. The molecule has 0 radical (unpaired) electrons. The summed E-state index contributed by atoms with van der Waals surface area (Å²) in [6.45, 7) is 2.42. The van der Waals surface area contributed by atoms with Crippen molar-refractivity contribution in [3.63, 3.8) is 0 Å². The Hall–Kier alpha value is -2.99. The first-order chi connectivity index (χ1) is 17.8. The molecule has 2 aromatic rings. The number of piperidine rings is 2. The number of aryl methyl sites for hydroxylation is 1. The van der Waals surface area contributed by atoms with E-state index in [1.54, 1.807) is 10.4 Å². The molecule has 2 aromatic heterocycles. The molecule has 37 heavy (non-hydrogen) atoms. The number of aromatic amines is 1. The van der Waals surface area contributed by atoms with E-state index in [-0.39, 0.29) is 50.3 Å². The van der Waals surface area contributed by atoms with Gasteiger partial charge in [-0.25, -0.2) is 0 Å². The number of anilines is 3. The third-order valence-corrected chi connectivity index (χ3v) is 9.44. The summed E-state index contributed by atoms with van der Waals surface area (Å²) in [6.07, 6.45) is 3.93. The van der Waals surface area contributed by atoms with Crippen LogP contribution in [0.3, 0.4) is 0 Å². The number of nitriles is 1. The van der Waals surface area contributed by atoms with Crippen LogP contribution >= 0.6 is 0 Å². The Labute approximate surface area is 216 Å². The van der Waals surface area contributed by atoms with Crippen molar-refractivity contribution in [1.82, 2.24) is 28.8 Å². The lowest BCUT2D eigenvalue weighted by atomic mass is 9.83. The number of ether oxygens (including phenoxy) is 1. The number of aromatic nitrogens is 4. The molecule has 0 aromatic carbocycles. The number of rotatable bonds is 9. The number of hydrogen-bond acceptors (Lipinski definition) is 10. The first-order valence-corrected chi connectivity index (χ1v) is 14.0. The van der Waals surface area contributed by atoms with Gasteiger partial charge in [-0.15, -0.1) is 0 Å². The van der Waals surface area contributed by atoms with Gasteiger partial charge in [-0.3, -0.25) is 5.10 Å². The standard InChI is InChI=1S/C23H33N9O4S/c1-15-8-21(29-28-15)25-20-11-22(36-7-6-33)27-23(26-20)30(2)19-9-17-4-3-5-18(10-19)32(17)37(34,35)31-13-16(12-24)14-31/h8,11,16-19,33H,3-7,9-10,13-14H2,1-2H3,(H2,25,26,27,28,29)/t17-,18+,19-. The Bertz CT molecular complexity index is 1240. The lowest BCUT2D eigenvalue weighted by Crippen LogP contribution is -2.64. The second-order valence-corrected chi connectivity index (χ2v) is 11.8. The predicted octanol–water partition coefficient (Wildman–Crippen LogP) is 1.14. The van der Waals surface area contributed by atoms with Crippen LogP contribution in [0.5, 0.6) is 5.88 Å². The van der Waals surface area contributed by atoms with Crippen LogP contribution in [-0.4, -0.2) is 93.8 Å². The molecule has 0 unspecified atom stereocenters. The van der Waals surface area contributed by atoms with E-state index in [1.165, 1.54) is 4.31 Å². The largest absolute Gasteiger partial charge is 0.475 e. The Balaban J connectivity index is 1.35. The average molecular weight is 532 g/mol. The van der Waals surface area contributed by atoms with E-state index < -0.39 is 10.2 Å². The number of H-pyrrole nitrogens is 1. The van der Waals surface area contributed by atoms with Crippen molar-refractivity contribution in [1.29, 1.82) is 5.26 Å². The van der Waals surface area contributed by atoms with Crippen LogP contribution in [0.1, 0.15) is 37.8 Å². The summed E-state index contributed by atoms with van der Waals surface area (Å²) in [5, 5.41) is 28.5. The molecule has 200 valence electrons. The minimum Gasteiger partial charge on any atom is -0.475 e. The summed E-state index contributed by atoms with van der Waals surface area (Å²) < 4.78 is 35.6. The average Bonchev–Trinajstić information content (AvgIpc) is 3.24. The van der Waals surface area contributed by atoms with Crippen molar-refractivity contribution in [2.45, 2.75) is 57.2 Å². The summed E-state index contributed by atoms with van der Waals surface area (Å²) in [6, 6.07) is 5.49. The first kappa shape index (κ1) is 25.7. The van der Waals surface area contributed by atoms with E-state index >= 15 is 0 Å². The predicted molar refractivity (Wildman–Crippen MR) is 136 cm³/mol. The maximum absolute atomic E-state index is 13.4. The molecule has 13 nitrogen and oxygen atoms in total. The van der Waals surface area contributed by atoms with Crippen LogP contribution < -0.4 is 15.0 Å². The topological polar surface area (TPSA) is 164 Å². The minimum atomic E-state index is -3.60.